The van der Waals surface area contributed by atoms with Gasteiger partial charge in [0.2, 0.25) is 0 Å². The third-order valence-corrected chi connectivity index (χ3v) is 5.40. The van der Waals surface area contributed by atoms with E-state index in [2.05, 4.69) is 45.2 Å². The highest BCUT2D eigenvalue weighted by molar-refractivity contribution is 8.14. The summed E-state index contributed by atoms with van der Waals surface area (Å²) in [4.78, 5) is 4.62. The molecule has 0 bridgehead atoms. The Balaban J connectivity index is 1.60. The lowest BCUT2D eigenvalue weighted by Gasteiger charge is -2.15. The molecule has 1 aliphatic heterocycles. The zero-order valence-corrected chi connectivity index (χ0v) is 17.0. The number of hydrogen-bond donors (Lipinski definition) is 1. The van der Waals surface area contributed by atoms with Crippen LogP contribution in [0.5, 0.6) is 5.75 Å². The van der Waals surface area contributed by atoms with Crippen LogP contribution in [0, 0.1) is 20.8 Å². The van der Waals surface area contributed by atoms with Crippen molar-refractivity contribution < 1.29 is 9.26 Å². The highest BCUT2D eigenvalue weighted by Gasteiger charge is 2.20. The lowest BCUT2D eigenvalue weighted by atomic mass is 10.1. The molecule has 0 fully saturated rings. The summed E-state index contributed by atoms with van der Waals surface area (Å²) in [7, 11) is 1.64. The molecule has 28 heavy (non-hydrogen) atoms. The van der Waals surface area contributed by atoms with Crippen molar-refractivity contribution in [3.05, 3.63) is 59.1 Å². The second-order valence-corrected chi connectivity index (χ2v) is 7.43. The predicted molar refractivity (Wildman–Crippen MR) is 112 cm³/mol. The summed E-state index contributed by atoms with van der Waals surface area (Å²) in [6, 6.07) is 11.7. The minimum absolute atomic E-state index is 0.725. The van der Waals surface area contributed by atoms with Gasteiger partial charge in [-0.25, -0.2) is 4.99 Å². The van der Waals surface area contributed by atoms with Crippen molar-refractivity contribution in [3.63, 3.8) is 0 Å². The lowest BCUT2D eigenvalue weighted by molar-refractivity contribution is 0.394. The van der Waals surface area contributed by atoms with E-state index in [1.165, 1.54) is 0 Å². The first-order valence-electron chi connectivity index (χ1n) is 8.87. The smallest absolute Gasteiger partial charge is 0.182 e. The fraction of sp³-hybridized carbons (Fsp3) is 0.250. The van der Waals surface area contributed by atoms with Crippen LogP contribution in [0.2, 0.25) is 0 Å². The molecule has 1 aliphatic rings. The van der Waals surface area contributed by atoms with Gasteiger partial charge < -0.3 is 9.26 Å². The molecule has 0 aliphatic carbocycles. The van der Waals surface area contributed by atoms with Crippen LogP contribution in [0.1, 0.15) is 22.7 Å². The van der Waals surface area contributed by atoms with Crippen LogP contribution in [0.15, 0.2) is 51.0 Å². The van der Waals surface area contributed by atoms with Gasteiger partial charge in [-0.05, 0) is 39.0 Å². The van der Waals surface area contributed by atoms with Crippen LogP contribution < -0.4 is 10.2 Å². The first-order chi connectivity index (χ1) is 13.6. The Labute approximate surface area is 167 Å². The van der Waals surface area contributed by atoms with E-state index in [1.807, 2.05) is 37.3 Å². The fourth-order valence-electron chi connectivity index (χ4n) is 3.21. The number of aryl methyl sites for hydroxylation is 2. The van der Waals surface area contributed by atoms with E-state index in [0.29, 0.717) is 0 Å². The SMILES string of the molecule is COc1ccccc1N=C1NN=C(c2cc(C)n(-c3cc(C)on3)c2C)CS1. The Bertz CT molecular complexity index is 1080. The quantitative estimate of drug-likeness (QED) is 0.719. The van der Waals surface area contributed by atoms with Crippen molar-refractivity contribution in [2.45, 2.75) is 20.8 Å². The minimum Gasteiger partial charge on any atom is -0.494 e. The first-order valence-corrected chi connectivity index (χ1v) is 9.85. The van der Waals surface area contributed by atoms with Crippen LogP contribution in [0.3, 0.4) is 0 Å². The average molecular weight is 395 g/mol. The third-order valence-electron chi connectivity index (χ3n) is 4.53. The molecule has 1 aromatic carbocycles. The third kappa shape index (κ3) is 3.43. The Hall–Kier alpha value is -3.00. The molecule has 0 amide bonds. The number of rotatable bonds is 4. The monoisotopic (exact) mass is 395 g/mol. The summed E-state index contributed by atoms with van der Waals surface area (Å²) in [6.45, 7) is 6.01. The molecular formula is C20H21N5O2S. The molecule has 2 aromatic heterocycles. The second-order valence-electron chi connectivity index (χ2n) is 6.46. The second kappa shape index (κ2) is 7.55. The maximum atomic E-state index is 5.36. The molecule has 1 N–H and O–H groups in total. The largest absolute Gasteiger partial charge is 0.494 e. The number of methoxy groups -OCH3 is 1. The maximum absolute atomic E-state index is 5.36. The van der Waals surface area contributed by atoms with Gasteiger partial charge in [0.15, 0.2) is 11.0 Å². The number of nitrogens with zero attached hydrogens (tertiary/aromatic N) is 4. The molecule has 8 heteroatoms. The molecule has 3 heterocycles. The molecule has 0 spiro atoms. The van der Waals surface area contributed by atoms with Crippen molar-refractivity contribution in [2.24, 2.45) is 10.1 Å². The number of amidine groups is 1. The minimum atomic E-state index is 0.725. The fourth-order valence-corrected chi connectivity index (χ4v) is 3.98. The van der Waals surface area contributed by atoms with Crippen molar-refractivity contribution in [1.82, 2.24) is 15.1 Å². The molecule has 0 saturated carbocycles. The summed E-state index contributed by atoms with van der Waals surface area (Å²) in [5, 5.41) is 9.45. The van der Waals surface area contributed by atoms with Gasteiger partial charge in [0, 0.05) is 28.8 Å². The van der Waals surface area contributed by atoms with E-state index in [1.54, 1.807) is 18.9 Å². The van der Waals surface area contributed by atoms with Crippen LogP contribution in [-0.4, -0.2) is 33.5 Å². The number of ether oxygens (including phenoxy) is 1. The van der Waals surface area contributed by atoms with E-state index in [0.717, 1.165) is 56.6 Å². The molecule has 0 saturated heterocycles. The number of nitrogens with one attached hydrogen (secondary N) is 1. The highest BCUT2D eigenvalue weighted by atomic mass is 32.2. The summed E-state index contributed by atoms with van der Waals surface area (Å²) in [5.41, 5.74) is 8.08. The summed E-state index contributed by atoms with van der Waals surface area (Å²) >= 11 is 1.61. The maximum Gasteiger partial charge on any atom is 0.182 e. The molecule has 4 rings (SSSR count). The van der Waals surface area contributed by atoms with Crippen molar-refractivity contribution in [1.29, 1.82) is 0 Å². The number of aliphatic imine (C=N–C) groups is 1. The molecular weight excluding hydrogens is 374 g/mol. The summed E-state index contributed by atoms with van der Waals surface area (Å²) in [6.07, 6.45) is 0. The van der Waals surface area contributed by atoms with Gasteiger partial charge in [0.1, 0.15) is 17.2 Å². The zero-order chi connectivity index (χ0) is 19.7. The van der Waals surface area contributed by atoms with E-state index in [9.17, 15) is 0 Å². The number of hydrogen-bond acceptors (Lipinski definition) is 6. The van der Waals surface area contributed by atoms with Gasteiger partial charge >= 0.3 is 0 Å². The Kier molecular flexibility index (Phi) is 4.95. The molecule has 144 valence electrons. The molecule has 3 aromatic rings. The summed E-state index contributed by atoms with van der Waals surface area (Å²) in [5.74, 6) is 3.03. The molecule has 0 atom stereocenters. The van der Waals surface area contributed by atoms with Crippen molar-refractivity contribution in [3.8, 4) is 11.6 Å². The number of benzene rings is 1. The highest BCUT2D eigenvalue weighted by Crippen LogP contribution is 2.29. The van der Waals surface area contributed by atoms with Gasteiger partial charge in [-0.2, -0.15) is 5.10 Å². The van der Waals surface area contributed by atoms with Gasteiger partial charge in [-0.3, -0.25) is 9.99 Å². The van der Waals surface area contributed by atoms with E-state index >= 15 is 0 Å². The van der Waals surface area contributed by atoms with E-state index < -0.39 is 0 Å². The number of para-hydroxylation sites is 2. The van der Waals surface area contributed by atoms with Gasteiger partial charge in [-0.15, -0.1) is 0 Å². The number of aromatic nitrogens is 2. The zero-order valence-electron chi connectivity index (χ0n) is 16.2. The summed E-state index contributed by atoms with van der Waals surface area (Å²) < 4.78 is 12.7. The van der Waals surface area contributed by atoms with Crippen LogP contribution >= 0.6 is 11.8 Å². The topological polar surface area (TPSA) is 76.9 Å². The van der Waals surface area contributed by atoms with E-state index in [-0.39, 0.29) is 0 Å². The molecule has 0 unspecified atom stereocenters. The Morgan fingerprint density at radius 2 is 2.04 bits per heavy atom. The number of thioether (sulfide) groups is 1. The van der Waals surface area contributed by atoms with Crippen LogP contribution in [-0.2, 0) is 0 Å². The van der Waals surface area contributed by atoms with Crippen molar-refractivity contribution >= 4 is 28.3 Å². The Morgan fingerprint density at radius 3 is 2.71 bits per heavy atom. The average Bonchev–Trinajstić information content (AvgIpc) is 3.25. The van der Waals surface area contributed by atoms with Gasteiger partial charge in [0.05, 0.1) is 12.8 Å². The Morgan fingerprint density at radius 1 is 1.21 bits per heavy atom. The lowest BCUT2D eigenvalue weighted by Crippen LogP contribution is -2.25. The van der Waals surface area contributed by atoms with Gasteiger partial charge in [0.25, 0.3) is 0 Å². The van der Waals surface area contributed by atoms with Crippen LogP contribution in [0.25, 0.3) is 5.82 Å². The van der Waals surface area contributed by atoms with Crippen molar-refractivity contribution in [2.75, 3.05) is 12.9 Å². The number of hydrazone groups is 1. The normalized spacial score (nSPS) is 15.4. The van der Waals surface area contributed by atoms with E-state index in [4.69, 9.17) is 9.26 Å². The predicted octanol–water partition coefficient (Wildman–Crippen LogP) is 4.13. The molecule has 0 radical (unpaired) electrons. The molecule has 7 nitrogen and oxygen atoms in total. The van der Waals surface area contributed by atoms with Crippen LogP contribution in [0.4, 0.5) is 5.69 Å². The van der Waals surface area contributed by atoms with Gasteiger partial charge in [-0.1, -0.05) is 29.1 Å². The first kappa shape index (κ1) is 18.4. The standard InChI is InChI=1S/C20H21N5O2S/c1-12-9-15(14(3)25(12)19-10-13(2)27-24-19)17-11-28-20(23-22-17)21-16-7-5-6-8-18(16)26-4/h5-10H,11H2,1-4H3,(H,21,23).